The number of nitrogens with zero attached hydrogens (tertiary/aromatic N) is 1. The standard InChI is InChI=1S/C21H20N2O/c1-15-14-19(12-13-22-15)18-8-10-20(11-9-18)23-21(24)16(2)17-6-4-3-5-7-17/h3-14,16H,1-2H3,(H,23,24)/t16-/m0/s1. The molecule has 3 nitrogen and oxygen atoms in total. The van der Waals surface area contributed by atoms with Gasteiger partial charge in [0.1, 0.15) is 0 Å². The minimum atomic E-state index is -0.186. The molecule has 0 aliphatic rings. The highest BCUT2D eigenvalue weighted by atomic mass is 16.1. The lowest BCUT2D eigenvalue weighted by Crippen LogP contribution is -2.18. The third-order valence-corrected chi connectivity index (χ3v) is 4.08. The van der Waals surface area contributed by atoms with E-state index in [-0.39, 0.29) is 11.8 Å². The fourth-order valence-corrected chi connectivity index (χ4v) is 2.61. The fourth-order valence-electron chi connectivity index (χ4n) is 2.61. The van der Waals surface area contributed by atoms with Crippen molar-refractivity contribution in [1.29, 1.82) is 0 Å². The number of nitrogens with one attached hydrogen (secondary N) is 1. The van der Waals surface area contributed by atoms with Crippen LogP contribution in [-0.2, 0) is 4.79 Å². The van der Waals surface area contributed by atoms with Gasteiger partial charge in [-0.25, -0.2) is 0 Å². The normalized spacial score (nSPS) is 11.8. The second-order valence-corrected chi connectivity index (χ2v) is 5.88. The predicted molar refractivity (Wildman–Crippen MR) is 97.9 cm³/mol. The number of hydrogen-bond donors (Lipinski definition) is 1. The van der Waals surface area contributed by atoms with Crippen molar-refractivity contribution in [3.8, 4) is 11.1 Å². The van der Waals surface area contributed by atoms with Crippen molar-refractivity contribution in [3.05, 3.63) is 84.2 Å². The molecule has 1 N–H and O–H groups in total. The van der Waals surface area contributed by atoms with Gasteiger partial charge in [-0.15, -0.1) is 0 Å². The van der Waals surface area contributed by atoms with Crippen LogP contribution in [0.4, 0.5) is 5.69 Å². The zero-order chi connectivity index (χ0) is 16.9. The van der Waals surface area contributed by atoms with E-state index >= 15 is 0 Å². The maximum absolute atomic E-state index is 12.4. The van der Waals surface area contributed by atoms with E-state index < -0.39 is 0 Å². The summed E-state index contributed by atoms with van der Waals surface area (Å²) in [6, 6.07) is 21.7. The van der Waals surface area contributed by atoms with Gasteiger partial charge in [-0.1, -0.05) is 42.5 Å². The summed E-state index contributed by atoms with van der Waals surface area (Å²) in [4.78, 5) is 16.6. The molecule has 3 aromatic rings. The van der Waals surface area contributed by atoms with Gasteiger partial charge in [0, 0.05) is 17.6 Å². The van der Waals surface area contributed by atoms with Crippen molar-refractivity contribution < 1.29 is 4.79 Å². The molecule has 0 radical (unpaired) electrons. The monoisotopic (exact) mass is 316 g/mol. The number of anilines is 1. The van der Waals surface area contributed by atoms with Gasteiger partial charge in [-0.05, 0) is 54.8 Å². The highest BCUT2D eigenvalue weighted by molar-refractivity contribution is 5.95. The van der Waals surface area contributed by atoms with Gasteiger partial charge in [-0.3, -0.25) is 9.78 Å². The number of pyridine rings is 1. The first-order valence-electron chi connectivity index (χ1n) is 8.02. The largest absolute Gasteiger partial charge is 0.326 e. The zero-order valence-electron chi connectivity index (χ0n) is 13.9. The second kappa shape index (κ2) is 7.09. The SMILES string of the molecule is Cc1cc(-c2ccc(NC(=O)[C@@H](C)c3ccccc3)cc2)ccn1. The Morgan fingerprint density at radius 3 is 2.33 bits per heavy atom. The first kappa shape index (κ1) is 15.9. The molecule has 0 saturated carbocycles. The van der Waals surface area contributed by atoms with Gasteiger partial charge in [-0.2, -0.15) is 0 Å². The highest BCUT2D eigenvalue weighted by Gasteiger charge is 2.14. The maximum Gasteiger partial charge on any atom is 0.231 e. The number of carbonyl (C=O) groups is 1. The van der Waals surface area contributed by atoms with E-state index in [0.717, 1.165) is 28.1 Å². The highest BCUT2D eigenvalue weighted by Crippen LogP contribution is 2.23. The molecule has 1 heterocycles. The molecule has 2 aromatic carbocycles. The Morgan fingerprint density at radius 1 is 0.958 bits per heavy atom. The molecule has 1 atom stereocenters. The molecule has 0 saturated heterocycles. The molecule has 0 bridgehead atoms. The molecule has 0 aliphatic heterocycles. The third-order valence-electron chi connectivity index (χ3n) is 4.08. The van der Waals surface area contributed by atoms with Gasteiger partial charge < -0.3 is 5.32 Å². The van der Waals surface area contributed by atoms with Crippen LogP contribution in [0.25, 0.3) is 11.1 Å². The molecule has 3 rings (SSSR count). The Hall–Kier alpha value is -2.94. The lowest BCUT2D eigenvalue weighted by Gasteiger charge is -2.13. The number of aromatic nitrogens is 1. The zero-order valence-corrected chi connectivity index (χ0v) is 13.9. The smallest absolute Gasteiger partial charge is 0.231 e. The molecule has 0 spiro atoms. The average molecular weight is 316 g/mol. The Kier molecular flexibility index (Phi) is 4.71. The van der Waals surface area contributed by atoms with Crippen LogP contribution in [0.15, 0.2) is 72.9 Å². The molecule has 0 aliphatic carbocycles. The molecule has 1 amide bonds. The molecule has 24 heavy (non-hydrogen) atoms. The van der Waals surface area contributed by atoms with Crippen molar-refractivity contribution in [2.24, 2.45) is 0 Å². The molecule has 3 heteroatoms. The summed E-state index contributed by atoms with van der Waals surface area (Å²) in [5, 5.41) is 2.98. The van der Waals surface area contributed by atoms with Crippen LogP contribution < -0.4 is 5.32 Å². The summed E-state index contributed by atoms with van der Waals surface area (Å²) in [5.41, 5.74) is 5.03. The summed E-state index contributed by atoms with van der Waals surface area (Å²) in [6.07, 6.45) is 1.81. The van der Waals surface area contributed by atoms with E-state index in [4.69, 9.17) is 0 Å². The number of amides is 1. The lowest BCUT2D eigenvalue weighted by molar-refractivity contribution is -0.117. The first-order chi connectivity index (χ1) is 11.6. The van der Waals surface area contributed by atoms with Crippen molar-refractivity contribution in [2.75, 3.05) is 5.32 Å². The van der Waals surface area contributed by atoms with Crippen LogP contribution >= 0.6 is 0 Å². The Bertz CT molecular complexity index is 826. The van der Waals surface area contributed by atoms with Crippen molar-refractivity contribution in [3.63, 3.8) is 0 Å². The van der Waals surface area contributed by atoms with E-state index in [0.29, 0.717) is 0 Å². The lowest BCUT2D eigenvalue weighted by atomic mass is 10.0. The van der Waals surface area contributed by atoms with Crippen LogP contribution in [0.5, 0.6) is 0 Å². The summed E-state index contributed by atoms with van der Waals surface area (Å²) >= 11 is 0. The Morgan fingerprint density at radius 2 is 1.67 bits per heavy atom. The Balaban J connectivity index is 1.71. The summed E-state index contributed by atoms with van der Waals surface area (Å²) < 4.78 is 0. The van der Waals surface area contributed by atoms with Crippen LogP contribution in [0, 0.1) is 6.92 Å². The van der Waals surface area contributed by atoms with Crippen LogP contribution in [0.3, 0.4) is 0 Å². The van der Waals surface area contributed by atoms with E-state index in [9.17, 15) is 4.79 Å². The summed E-state index contributed by atoms with van der Waals surface area (Å²) in [5.74, 6) is -0.192. The van der Waals surface area contributed by atoms with Crippen molar-refractivity contribution in [1.82, 2.24) is 4.98 Å². The maximum atomic E-state index is 12.4. The molecule has 0 fully saturated rings. The Labute approximate surface area is 142 Å². The quantitative estimate of drug-likeness (QED) is 0.751. The first-order valence-corrected chi connectivity index (χ1v) is 8.02. The minimum absolute atomic E-state index is 0.00583. The number of carbonyl (C=O) groups excluding carboxylic acids is 1. The van der Waals surface area contributed by atoms with Crippen LogP contribution in [0.2, 0.25) is 0 Å². The topological polar surface area (TPSA) is 42.0 Å². The van der Waals surface area contributed by atoms with Gasteiger partial charge in [0.05, 0.1) is 5.92 Å². The van der Waals surface area contributed by atoms with Crippen LogP contribution in [-0.4, -0.2) is 10.9 Å². The number of benzene rings is 2. The van der Waals surface area contributed by atoms with E-state index in [1.807, 2.05) is 86.8 Å². The molecule has 1 aromatic heterocycles. The summed E-state index contributed by atoms with van der Waals surface area (Å²) in [7, 11) is 0. The van der Waals surface area contributed by atoms with Crippen LogP contribution in [0.1, 0.15) is 24.1 Å². The number of rotatable bonds is 4. The average Bonchev–Trinajstić information content (AvgIpc) is 2.62. The van der Waals surface area contributed by atoms with Gasteiger partial charge in [0.25, 0.3) is 0 Å². The molecule has 120 valence electrons. The van der Waals surface area contributed by atoms with Gasteiger partial charge in [0.2, 0.25) is 5.91 Å². The molecular weight excluding hydrogens is 296 g/mol. The number of hydrogen-bond acceptors (Lipinski definition) is 2. The predicted octanol–water partition coefficient (Wildman–Crippen LogP) is 4.80. The summed E-state index contributed by atoms with van der Waals surface area (Å²) in [6.45, 7) is 3.89. The molecular formula is C21H20N2O. The van der Waals surface area contributed by atoms with E-state index in [1.165, 1.54) is 0 Å². The minimum Gasteiger partial charge on any atom is -0.326 e. The fraction of sp³-hybridized carbons (Fsp3) is 0.143. The van der Waals surface area contributed by atoms with Crippen molar-refractivity contribution in [2.45, 2.75) is 19.8 Å². The van der Waals surface area contributed by atoms with Crippen molar-refractivity contribution >= 4 is 11.6 Å². The second-order valence-electron chi connectivity index (χ2n) is 5.88. The van der Waals surface area contributed by atoms with E-state index in [2.05, 4.69) is 10.3 Å². The third kappa shape index (κ3) is 3.69. The van der Waals surface area contributed by atoms with E-state index in [1.54, 1.807) is 0 Å². The van der Waals surface area contributed by atoms with Gasteiger partial charge >= 0.3 is 0 Å². The van der Waals surface area contributed by atoms with Gasteiger partial charge in [0.15, 0.2) is 0 Å². The molecule has 0 unspecified atom stereocenters. The number of aryl methyl sites for hydroxylation is 1.